The topological polar surface area (TPSA) is 38.7 Å². The maximum absolute atomic E-state index is 6.41. The van der Waals surface area contributed by atoms with Crippen molar-refractivity contribution >= 4 is 11.6 Å². The van der Waals surface area contributed by atoms with Crippen molar-refractivity contribution in [3.63, 3.8) is 0 Å². The smallest absolute Gasteiger partial charge is 0.116 e. The largest absolute Gasteiger partial charge is 0.128 e. The summed E-state index contributed by atoms with van der Waals surface area (Å²) in [6.07, 6.45) is 0. The monoisotopic (exact) mass is 267 g/mol. The van der Waals surface area contributed by atoms with Gasteiger partial charge < -0.3 is 0 Å². The van der Waals surface area contributed by atoms with Crippen molar-refractivity contribution < 1.29 is 0 Å². The number of aromatic nitrogens is 3. The predicted molar refractivity (Wildman–Crippen MR) is 75.7 cm³/mol. The van der Waals surface area contributed by atoms with Crippen molar-refractivity contribution in [1.29, 1.82) is 0 Å². The zero-order valence-electron chi connectivity index (χ0n) is 9.99. The molecule has 0 saturated heterocycles. The molecule has 0 aliphatic carbocycles. The molecule has 2 aromatic carbocycles. The van der Waals surface area contributed by atoms with Crippen LogP contribution in [0.4, 0.5) is 0 Å². The summed E-state index contributed by atoms with van der Waals surface area (Å²) in [6, 6.07) is 19.5. The van der Waals surface area contributed by atoms with E-state index in [0.29, 0.717) is 16.4 Å². The molecule has 19 heavy (non-hydrogen) atoms. The van der Waals surface area contributed by atoms with Crippen molar-refractivity contribution in [1.82, 2.24) is 15.4 Å². The highest BCUT2D eigenvalue weighted by Crippen LogP contribution is 2.32. The summed E-state index contributed by atoms with van der Waals surface area (Å²) < 4.78 is 0. The van der Waals surface area contributed by atoms with Gasteiger partial charge in [0, 0.05) is 11.1 Å². The first kappa shape index (κ1) is 11.8. The maximum Gasteiger partial charge on any atom is 0.116 e. The summed E-state index contributed by atoms with van der Waals surface area (Å²) in [5, 5.41) is 12.4. The standard InChI is InChI=1S/C15H10ClN3/c16-13-14(11-7-3-1-4-8-11)17-19-18-15(13)12-9-5-2-6-10-12/h1-10H. The van der Waals surface area contributed by atoms with Crippen LogP contribution < -0.4 is 0 Å². The number of halogens is 1. The molecule has 0 aliphatic heterocycles. The fourth-order valence-electron chi connectivity index (χ4n) is 1.87. The molecule has 1 aromatic heterocycles. The third-order valence-electron chi connectivity index (χ3n) is 2.80. The Balaban J connectivity index is 2.15. The second kappa shape index (κ2) is 5.16. The number of benzene rings is 2. The summed E-state index contributed by atoms with van der Waals surface area (Å²) in [5.41, 5.74) is 3.16. The van der Waals surface area contributed by atoms with E-state index in [2.05, 4.69) is 15.4 Å². The van der Waals surface area contributed by atoms with Crippen molar-refractivity contribution in [2.45, 2.75) is 0 Å². The van der Waals surface area contributed by atoms with Crippen LogP contribution in [0.2, 0.25) is 5.02 Å². The first-order valence-corrected chi connectivity index (χ1v) is 6.24. The second-order valence-electron chi connectivity index (χ2n) is 4.03. The summed E-state index contributed by atoms with van der Waals surface area (Å²) in [4.78, 5) is 0. The van der Waals surface area contributed by atoms with E-state index in [-0.39, 0.29) is 0 Å². The Labute approximate surface area is 115 Å². The molecule has 0 fully saturated rings. The normalized spacial score (nSPS) is 10.4. The Kier molecular flexibility index (Phi) is 3.21. The number of hydrogen-bond acceptors (Lipinski definition) is 3. The zero-order chi connectivity index (χ0) is 13.1. The summed E-state index contributed by atoms with van der Waals surface area (Å²) in [5.74, 6) is 0. The lowest BCUT2D eigenvalue weighted by Crippen LogP contribution is -1.96. The van der Waals surface area contributed by atoms with E-state index in [1.54, 1.807) is 0 Å². The van der Waals surface area contributed by atoms with E-state index in [9.17, 15) is 0 Å². The highest BCUT2D eigenvalue weighted by atomic mass is 35.5. The quantitative estimate of drug-likeness (QED) is 0.708. The highest BCUT2D eigenvalue weighted by Gasteiger charge is 2.13. The molecule has 0 amide bonds. The first-order valence-electron chi connectivity index (χ1n) is 5.86. The minimum atomic E-state index is 0.521. The van der Waals surface area contributed by atoms with Gasteiger partial charge in [0.2, 0.25) is 0 Å². The van der Waals surface area contributed by atoms with Crippen LogP contribution in [0, 0.1) is 0 Å². The van der Waals surface area contributed by atoms with E-state index >= 15 is 0 Å². The molecule has 0 unspecified atom stereocenters. The van der Waals surface area contributed by atoms with E-state index < -0.39 is 0 Å². The van der Waals surface area contributed by atoms with Crippen LogP contribution in [0.25, 0.3) is 22.5 Å². The third-order valence-corrected chi connectivity index (χ3v) is 3.16. The predicted octanol–water partition coefficient (Wildman–Crippen LogP) is 3.86. The van der Waals surface area contributed by atoms with Crippen LogP contribution in [-0.4, -0.2) is 15.4 Å². The molecule has 1 heterocycles. The van der Waals surface area contributed by atoms with Crippen molar-refractivity contribution in [2.75, 3.05) is 0 Å². The molecule has 0 bridgehead atoms. The van der Waals surface area contributed by atoms with E-state index in [1.165, 1.54) is 0 Å². The van der Waals surface area contributed by atoms with Gasteiger partial charge in [-0.1, -0.05) is 72.3 Å². The van der Waals surface area contributed by atoms with Gasteiger partial charge in [-0.25, -0.2) is 0 Å². The lowest BCUT2D eigenvalue weighted by Gasteiger charge is -2.06. The number of rotatable bonds is 2. The zero-order valence-corrected chi connectivity index (χ0v) is 10.7. The minimum absolute atomic E-state index is 0.521. The summed E-state index contributed by atoms with van der Waals surface area (Å²) in [6.45, 7) is 0. The van der Waals surface area contributed by atoms with Gasteiger partial charge in [0.25, 0.3) is 0 Å². The summed E-state index contributed by atoms with van der Waals surface area (Å²) in [7, 11) is 0. The molecule has 0 aliphatic rings. The van der Waals surface area contributed by atoms with Gasteiger partial charge in [-0.3, -0.25) is 0 Å². The minimum Gasteiger partial charge on any atom is -0.128 e. The molecular formula is C15H10ClN3. The van der Waals surface area contributed by atoms with Crippen LogP contribution in [0.3, 0.4) is 0 Å². The molecule has 0 saturated carbocycles. The van der Waals surface area contributed by atoms with Crippen molar-refractivity contribution in [2.24, 2.45) is 0 Å². The molecule has 0 radical (unpaired) electrons. The van der Waals surface area contributed by atoms with E-state index in [1.807, 2.05) is 60.7 Å². The fourth-order valence-corrected chi connectivity index (χ4v) is 2.17. The van der Waals surface area contributed by atoms with Crippen LogP contribution in [0.15, 0.2) is 60.7 Å². The molecule has 3 nitrogen and oxygen atoms in total. The SMILES string of the molecule is Clc1c(-c2ccccc2)nnnc1-c1ccccc1. The molecular weight excluding hydrogens is 258 g/mol. The Morgan fingerprint density at radius 2 is 1.05 bits per heavy atom. The fraction of sp³-hybridized carbons (Fsp3) is 0. The molecule has 4 heteroatoms. The summed E-state index contributed by atoms with van der Waals surface area (Å²) >= 11 is 6.41. The Morgan fingerprint density at radius 3 is 1.47 bits per heavy atom. The first-order chi connectivity index (χ1) is 9.36. The average Bonchev–Trinajstić information content (AvgIpc) is 2.49. The van der Waals surface area contributed by atoms with Gasteiger partial charge in [-0.15, -0.1) is 10.2 Å². The van der Waals surface area contributed by atoms with Crippen molar-refractivity contribution in [3.8, 4) is 22.5 Å². The molecule has 0 N–H and O–H groups in total. The molecule has 3 aromatic rings. The number of hydrogen-bond donors (Lipinski definition) is 0. The maximum atomic E-state index is 6.41. The lowest BCUT2D eigenvalue weighted by molar-refractivity contribution is 0.876. The average molecular weight is 268 g/mol. The van der Waals surface area contributed by atoms with Gasteiger partial charge in [-0.2, -0.15) is 0 Å². The lowest BCUT2D eigenvalue weighted by atomic mass is 10.1. The Hall–Kier alpha value is -2.26. The van der Waals surface area contributed by atoms with Gasteiger partial charge in [-0.05, 0) is 5.21 Å². The van der Waals surface area contributed by atoms with Gasteiger partial charge in [0.05, 0.1) is 5.02 Å². The molecule has 0 atom stereocenters. The molecule has 0 spiro atoms. The van der Waals surface area contributed by atoms with E-state index in [0.717, 1.165) is 11.1 Å². The van der Waals surface area contributed by atoms with Crippen LogP contribution in [-0.2, 0) is 0 Å². The van der Waals surface area contributed by atoms with Crippen LogP contribution in [0.5, 0.6) is 0 Å². The third kappa shape index (κ3) is 2.33. The Bertz CT molecular complexity index is 627. The molecule has 92 valence electrons. The van der Waals surface area contributed by atoms with Crippen LogP contribution in [0.1, 0.15) is 0 Å². The second-order valence-corrected chi connectivity index (χ2v) is 4.41. The highest BCUT2D eigenvalue weighted by molar-refractivity contribution is 6.35. The van der Waals surface area contributed by atoms with Gasteiger partial charge >= 0.3 is 0 Å². The Morgan fingerprint density at radius 1 is 0.632 bits per heavy atom. The van der Waals surface area contributed by atoms with Crippen molar-refractivity contribution in [3.05, 3.63) is 65.7 Å². The number of nitrogens with zero attached hydrogens (tertiary/aromatic N) is 3. The van der Waals surface area contributed by atoms with Gasteiger partial charge in [0.1, 0.15) is 11.4 Å². The van der Waals surface area contributed by atoms with E-state index in [4.69, 9.17) is 11.6 Å². The molecule has 3 rings (SSSR count). The van der Waals surface area contributed by atoms with Crippen LogP contribution >= 0.6 is 11.6 Å². The van der Waals surface area contributed by atoms with Gasteiger partial charge in [0.15, 0.2) is 0 Å².